The summed E-state index contributed by atoms with van der Waals surface area (Å²) in [6.07, 6.45) is 54.9. The van der Waals surface area contributed by atoms with Gasteiger partial charge in [0.15, 0.2) is 6.10 Å². The number of rotatable bonds is 41. The van der Waals surface area contributed by atoms with Gasteiger partial charge in [0.05, 0.1) is 12.7 Å². The Hall–Kier alpha value is -2.81. The average Bonchev–Trinajstić information content (AvgIpc) is 3.21. The minimum Gasteiger partial charge on any atom is -0.462 e. The normalized spacial score (nSPS) is 13.8. The van der Waals surface area contributed by atoms with Crippen molar-refractivity contribution >= 4 is 19.8 Å². The summed E-state index contributed by atoms with van der Waals surface area (Å²) in [5.74, 6) is -1.17. The first-order chi connectivity index (χ1) is 28.7. The van der Waals surface area contributed by atoms with Gasteiger partial charge in [0.1, 0.15) is 6.61 Å². The van der Waals surface area contributed by atoms with Crippen LogP contribution >= 0.6 is 7.82 Å². The van der Waals surface area contributed by atoms with Gasteiger partial charge in [-0.05, 0) is 70.6 Å². The lowest BCUT2D eigenvalue weighted by Crippen LogP contribution is -2.29. The lowest BCUT2D eigenvalue weighted by molar-refractivity contribution is -0.161. The number of phosphoric ester groups is 1. The van der Waals surface area contributed by atoms with Crippen LogP contribution in [0.5, 0.6) is 0 Å². The molecule has 59 heavy (non-hydrogen) atoms. The van der Waals surface area contributed by atoms with E-state index in [2.05, 4.69) is 79.1 Å². The topological polar surface area (TPSA) is 140 Å². The van der Waals surface area contributed by atoms with Gasteiger partial charge >= 0.3 is 19.8 Å². The summed E-state index contributed by atoms with van der Waals surface area (Å²) < 4.78 is 26.3. The SMILES string of the molecule is CC/C=C\C/C=C\C/C=C\C/C=C\C/C=C\C=C/C(O)CCC(=O)O[C@H](COC(=O)CCCCCCCCCCCCC/C=C\CCCCCCCC)COP(=O)(O)O. The highest BCUT2D eigenvalue weighted by atomic mass is 31.2. The molecule has 0 spiro atoms. The number of esters is 2. The van der Waals surface area contributed by atoms with Crippen LogP contribution in [0.1, 0.15) is 187 Å². The summed E-state index contributed by atoms with van der Waals surface area (Å²) in [4.78, 5) is 43.0. The van der Waals surface area contributed by atoms with E-state index in [0.717, 1.165) is 51.4 Å². The van der Waals surface area contributed by atoms with E-state index in [4.69, 9.17) is 19.3 Å². The Bertz CT molecular complexity index is 1240. The number of aliphatic hydroxyl groups excluding tert-OH is 1. The van der Waals surface area contributed by atoms with Crippen LogP contribution in [0.2, 0.25) is 0 Å². The predicted octanol–water partition coefficient (Wildman–Crippen LogP) is 13.4. The Morgan fingerprint density at radius 2 is 1.02 bits per heavy atom. The number of carbonyl (C=O) groups is 2. The van der Waals surface area contributed by atoms with Crippen LogP contribution in [-0.4, -0.2) is 52.3 Å². The molecule has 0 aliphatic heterocycles. The fourth-order valence-corrected chi connectivity index (χ4v) is 6.43. The van der Waals surface area contributed by atoms with E-state index in [0.29, 0.717) is 6.42 Å². The molecule has 0 rings (SSSR count). The smallest absolute Gasteiger partial charge is 0.462 e. The maximum Gasteiger partial charge on any atom is 0.469 e. The average molecular weight is 847 g/mol. The van der Waals surface area contributed by atoms with Crippen LogP contribution in [0.4, 0.5) is 0 Å². The number of aliphatic hydroxyl groups is 1. The van der Waals surface area contributed by atoms with Crippen molar-refractivity contribution in [3.63, 3.8) is 0 Å². The highest BCUT2D eigenvalue weighted by molar-refractivity contribution is 7.46. The van der Waals surface area contributed by atoms with Crippen molar-refractivity contribution in [3.8, 4) is 0 Å². The van der Waals surface area contributed by atoms with Crippen molar-refractivity contribution in [2.45, 2.75) is 199 Å². The molecule has 10 heteroatoms. The first-order valence-electron chi connectivity index (χ1n) is 23.0. The Kier molecular flexibility index (Phi) is 41.2. The molecule has 0 aromatic carbocycles. The molecule has 0 aromatic rings. The molecule has 0 saturated carbocycles. The number of unbranched alkanes of at least 4 members (excludes halogenated alkanes) is 17. The van der Waals surface area contributed by atoms with Crippen LogP contribution in [0.15, 0.2) is 85.1 Å². The largest absolute Gasteiger partial charge is 0.469 e. The number of allylic oxidation sites excluding steroid dienone is 13. The summed E-state index contributed by atoms with van der Waals surface area (Å²) in [5, 5.41) is 10.2. The molecule has 0 bridgehead atoms. The van der Waals surface area contributed by atoms with Gasteiger partial charge < -0.3 is 24.4 Å². The Morgan fingerprint density at radius 3 is 1.53 bits per heavy atom. The molecule has 2 atom stereocenters. The van der Waals surface area contributed by atoms with Gasteiger partial charge in [-0.15, -0.1) is 0 Å². The maximum absolute atomic E-state index is 12.4. The van der Waals surface area contributed by atoms with Gasteiger partial charge in [-0.2, -0.15) is 0 Å². The molecule has 1 unspecified atom stereocenters. The molecule has 0 heterocycles. The number of phosphoric acid groups is 1. The van der Waals surface area contributed by atoms with Crippen LogP contribution in [0, 0.1) is 0 Å². The first-order valence-corrected chi connectivity index (χ1v) is 24.5. The van der Waals surface area contributed by atoms with Gasteiger partial charge in [0.2, 0.25) is 0 Å². The van der Waals surface area contributed by atoms with Crippen LogP contribution in [0.25, 0.3) is 0 Å². The van der Waals surface area contributed by atoms with E-state index in [1.807, 2.05) is 12.2 Å². The summed E-state index contributed by atoms with van der Waals surface area (Å²) in [5.41, 5.74) is 0. The lowest BCUT2D eigenvalue weighted by atomic mass is 10.0. The van der Waals surface area contributed by atoms with Crippen LogP contribution in [0.3, 0.4) is 0 Å². The monoisotopic (exact) mass is 847 g/mol. The molecule has 0 aliphatic rings. The third-order valence-electron chi connectivity index (χ3n) is 9.52. The van der Waals surface area contributed by atoms with Crippen LogP contribution in [-0.2, 0) is 28.2 Å². The number of hydrogen-bond donors (Lipinski definition) is 3. The van der Waals surface area contributed by atoms with E-state index < -0.39 is 38.6 Å². The third-order valence-corrected chi connectivity index (χ3v) is 10.0. The van der Waals surface area contributed by atoms with Gasteiger partial charge in [-0.3, -0.25) is 14.1 Å². The molecule has 0 fully saturated rings. The summed E-state index contributed by atoms with van der Waals surface area (Å²) in [7, 11) is -4.83. The minimum absolute atomic E-state index is 0.0867. The Balaban J connectivity index is 4.08. The first kappa shape index (κ1) is 56.2. The summed E-state index contributed by atoms with van der Waals surface area (Å²) in [6, 6.07) is 0. The molecular weight excluding hydrogens is 764 g/mol. The van der Waals surface area contributed by atoms with Gasteiger partial charge in [-0.25, -0.2) is 4.57 Å². The molecule has 0 amide bonds. The van der Waals surface area contributed by atoms with Gasteiger partial charge in [-0.1, -0.05) is 189 Å². The highest BCUT2D eigenvalue weighted by Crippen LogP contribution is 2.36. The van der Waals surface area contributed by atoms with E-state index >= 15 is 0 Å². The standard InChI is InChI=1S/C49H83O9P/c1-3-5-7-9-11-13-15-17-19-21-22-23-24-25-27-29-31-33-35-37-39-41-48(51)56-44-47(45-57-59(53,54)55)58-49(52)43-42-46(50)40-38-36-34-32-30-28-26-20-18-16-14-12-10-8-6-4-2/h6,8,12,14,17-20,28,30,34,36,38,40,46-47,50H,3-5,7,9-11,13,15-16,21-27,29,31-33,35,37,39,41-45H2,1-2H3,(H2,53,54,55)/b8-6-,14-12-,19-17-,20-18-,30-28-,36-34-,40-38-/t46?,47-/m1/s1. The molecule has 0 aliphatic carbocycles. The Morgan fingerprint density at radius 1 is 0.542 bits per heavy atom. The zero-order chi connectivity index (χ0) is 43.3. The maximum atomic E-state index is 12.4. The number of hydrogen-bond acceptors (Lipinski definition) is 7. The number of ether oxygens (including phenoxy) is 2. The summed E-state index contributed by atoms with van der Waals surface area (Å²) >= 11 is 0. The summed E-state index contributed by atoms with van der Waals surface area (Å²) in [6.45, 7) is 3.37. The lowest BCUT2D eigenvalue weighted by Gasteiger charge is -2.18. The van der Waals surface area contributed by atoms with Crippen molar-refractivity contribution < 1.29 is 43.0 Å². The second kappa shape index (κ2) is 43.3. The Labute approximate surface area is 359 Å². The zero-order valence-corrected chi connectivity index (χ0v) is 37.9. The number of carbonyl (C=O) groups excluding carboxylic acids is 2. The second-order valence-electron chi connectivity index (χ2n) is 15.2. The molecular formula is C49H83O9P. The fraction of sp³-hybridized carbons (Fsp3) is 0.673. The van der Waals surface area contributed by atoms with Crippen molar-refractivity contribution in [1.82, 2.24) is 0 Å². The van der Waals surface area contributed by atoms with E-state index in [1.54, 1.807) is 12.2 Å². The fourth-order valence-electron chi connectivity index (χ4n) is 6.07. The molecule has 0 saturated heterocycles. The third kappa shape index (κ3) is 46.1. The predicted molar refractivity (Wildman–Crippen MR) is 245 cm³/mol. The highest BCUT2D eigenvalue weighted by Gasteiger charge is 2.23. The second-order valence-corrected chi connectivity index (χ2v) is 16.4. The van der Waals surface area contributed by atoms with E-state index in [1.165, 1.54) is 96.3 Å². The van der Waals surface area contributed by atoms with E-state index in [-0.39, 0.29) is 25.9 Å². The van der Waals surface area contributed by atoms with Crippen molar-refractivity contribution in [1.29, 1.82) is 0 Å². The van der Waals surface area contributed by atoms with Gasteiger partial charge in [0.25, 0.3) is 0 Å². The molecule has 9 nitrogen and oxygen atoms in total. The van der Waals surface area contributed by atoms with Crippen molar-refractivity contribution in [3.05, 3.63) is 85.1 Å². The molecule has 0 radical (unpaired) electrons. The van der Waals surface area contributed by atoms with Crippen LogP contribution < -0.4 is 0 Å². The molecule has 0 aromatic heterocycles. The molecule has 3 N–H and O–H groups in total. The van der Waals surface area contributed by atoms with E-state index in [9.17, 15) is 19.3 Å². The quantitative estimate of drug-likeness (QED) is 0.0180. The molecule has 338 valence electrons. The minimum atomic E-state index is -4.83. The van der Waals surface area contributed by atoms with Crippen molar-refractivity contribution in [2.75, 3.05) is 13.2 Å². The van der Waals surface area contributed by atoms with Crippen molar-refractivity contribution in [2.24, 2.45) is 0 Å². The van der Waals surface area contributed by atoms with Gasteiger partial charge in [0, 0.05) is 12.8 Å². The zero-order valence-electron chi connectivity index (χ0n) is 37.0.